The zero-order valence-electron chi connectivity index (χ0n) is 14.0. The Bertz CT molecular complexity index is 568. The molecule has 1 aromatic rings. The van der Waals surface area contributed by atoms with Gasteiger partial charge in [-0.2, -0.15) is 0 Å². The summed E-state index contributed by atoms with van der Waals surface area (Å²) in [5.41, 5.74) is 0.611. The smallest absolute Gasteiger partial charge is 0.229 e. The van der Waals surface area contributed by atoms with Crippen molar-refractivity contribution in [2.75, 3.05) is 11.9 Å². The van der Waals surface area contributed by atoms with Crippen LogP contribution in [0.2, 0.25) is 0 Å². The molecule has 0 aliphatic heterocycles. The highest BCUT2D eigenvalue weighted by molar-refractivity contribution is 9.10. The van der Waals surface area contributed by atoms with Gasteiger partial charge in [-0.3, -0.25) is 9.59 Å². The third kappa shape index (κ3) is 4.83. The van der Waals surface area contributed by atoms with Crippen molar-refractivity contribution in [3.8, 4) is 5.75 Å². The second-order valence-electron chi connectivity index (χ2n) is 6.65. The predicted molar refractivity (Wildman–Crippen MR) is 93.0 cm³/mol. The van der Waals surface area contributed by atoms with E-state index in [9.17, 15) is 9.59 Å². The van der Waals surface area contributed by atoms with Crippen molar-refractivity contribution in [2.24, 2.45) is 5.41 Å². The molecule has 0 saturated carbocycles. The van der Waals surface area contributed by atoms with Gasteiger partial charge in [0.05, 0.1) is 16.6 Å². The molecule has 122 valence electrons. The van der Waals surface area contributed by atoms with E-state index in [0.29, 0.717) is 23.6 Å². The molecule has 4 nitrogen and oxygen atoms in total. The number of ether oxygens (including phenoxy) is 1. The number of hydrogen-bond acceptors (Lipinski definition) is 3. The molecular formula is C17H24BrNO3. The largest absolute Gasteiger partial charge is 0.492 e. The highest BCUT2D eigenvalue weighted by atomic mass is 79.9. The molecule has 22 heavy (non-hydrogen) atoms. The Morgan fingerprint density at radius 2 is 1.77 bits per heavy atom. The van der Waals surface area contributed by atoms with Crippen molar-refractivity contribution >= 4 is 33.3 Å². The zero-order chi connectivity index (χ0) is 17.1. The second-order valence-corrected chi connectivity index (χ2v) is 8.63. The molecule has 0 fully saturated rings. The van der Waals surface area contributed by atoms with Gasteiger partial charge in [0.25, 0.3) is 0 Å². The molecule has 0 radical (unpaired) electrons. The van der Waals surface area contributed by atoms with Crippen LogP contribution in [-0.2, 0) is 4.79 Å². The molecule has 0 spiro atoms. The van der Waals surface area contributed by atoms with E-state index >= 15 is 0 Å². The molecule has 0 saturated heterocycles. The van der Waals surface area contributed by atoms with Crippen molar-refractivity contribution in [1.29, 1.82) is 0 Å². The summed E-state index contributed by atoms with van der Waals surface area (Å²) in [6.07, 6.45) is 0. The number of carbonyl (C=O) groups is 2. The molecule has 5 heteroatoms. The summed E-state index contributed by atoms with van der Waals surface area (Å²) in [5, 5.41) is 2.85. The Balaban J connectivity index is 3.16. The fraction of sp³-hybridized carbons (Fsp3) is 0.529. The lowest BCUT2D eigenvalue weighted by Crippen LogP contribution is -2.28. The molecule has 1 rings (SSSR count). The standard InChI is InChI=1S/C17H24BrNO3/c1-7-22-13-10-11(14(20)17(5,6)18)8-9-12(13)19-15(21)16(2,3)4/h8-10H,7H2,1-6H3,(H,19,21). The highest BCUT2D eigenvalue weighted by Gasteiger charge is 2.27. The number of benzene rings is 1. The van der Waals surface area contributed by atoms with E-state index in [1.807, 2.05) is 27.7 Å². The Kier molecular flexibility index (Phi) is 5.79. The summed E-state index contributed by atoms with van der Waals surface area (Å²) >= 11 is 3.37. The normalized spacial score (nSPS) is 12.0. The topological polar surface area (TPSA) is 55.4 Å². The Morgan fingerprint density at radius 1 is 1.18 bits per heavy atom. The molecule has 0 aliphatic rings. The van der Waals surface area contributed by atoms with Crippen molar-refractivity contribution in [3.05, 3.63) is 23.8 Å². The van der Waals surface area contributed by atoms with E-state index < -0.39 is 9.74 Å². The van der Waals surface area contributed by atoms with Crippen LogP contribution < -0.4 is 10.1 Å². The number of anilines is 1. The van der Waals surface area contributed by atoms with Gasteiger partial charge in [0.2, 0.25) is 5.91 Å². The number of halogens is 1. The van der Waals surface area contributed by atoms with Crippen LogP contribution in [0.1, 0.15) is 51.9 Å². The Labute approximate surface area is 140 Å². The average Bonchev–Trinajstić information content (AvgIpc) is 2.38. The fourth-order valence-corrected chi connectivity index (χ4v) is 1.92. The van der Waals surface area contributed by atoms with Crippen LogP contribution in [0.4, 0.5) is 5.69 Å². The first kappa shape index (κ1) is 18.7. The third-order valence-electron chi connectivity index (χ3n) is 3.01. The van der Waals surface area contributed by atoms with Gasteiger partial charge in [0.15, 0.2) is 5.78 Å². The maximum absolute atomic E-state index is 12.3. The van der Waals surface area contributed by atoms with Gasteiger partial charge in [0, 0.05) is 11.0 Å². The van der Waals surface area contributed by atoms with Gasteiger partial charge in [-0.25, -0.2) is 0 Å². The number of nitrogens with one attached hydrogen (secondary N) is 1. The average molecular weight is 370 g/mol. The molecule has 0 atom stereocenters. The van der Waals surface area contributed by atoms with Crippen LogP contribution in [0.3, 0.4) is 0 Å². The number of Topliss-reactive ketones (excluding diaryl/α,β-unsaturated/α-hetero) is 1. The second kappa shape index (κ2) is 6.82. The van der Waals surface area contributed by atoms with E-state index in [1.165, 1.54) is 0 Å². The van der Waals surface area contributed by atoms with Crippen molar-refractivity contribution in [3.63, 3.8) is 0 Å². The molecule has 1 amide bonds. The van der Waals surface area contributed by atoms with Gasteiger partial charge >= 0.3 is 0 Å². The van der Waals surface area contributed by atoms with Gasteiger partial charge in [-0.15, -0.1) is 0 Å². The van der Waals surface area contributed by atoms with Crippen molar-refractivity contribution in [1.82, 2.24) is 0 Å². The van der Waals surface area contributed by atoms with Gasteiger partial charge in [0.1, 0.15) is 5.75 Å². The van der Waals surface area contributed by atoms with E-state index in [0.717, 1.165) is 0 Å². The van der Waals surface area contributed by atoms with Crippen LogP contribution in [0.15, 0.2) is 18.2 Å². The van der Waals surface area contributed by atoms with Crippen molar-refractivity contribution in [2.45, 2.75) is 45.9 Å². The first-order valence-corrected chi connectivity index (χ1v) is 8.08. The number of alkyl halides is 1. The summed E-state index contributed by atoms with van der Waals surface area (Å²) in [6.45, 7) is 11.4. The summed E-state index contributed by atoms with van der Waals surface area (Å²) in [4.78, 5) is 24.5. The lowest BCUT2D eigenvalue weighted by atomic mass is 9.95. The quantitative estimate of drug-likeness (QED) is 0.616. The molecule has 0 heterocycles. The lowest BCUT2D eigenvalue weighted by Gasteiger charge is -2.20. The highest BCUT2D eigenvalue weighted by Crippen LogP contribution is 2.31. The summed E-state index contributed by atoms with van der Waals surface area (Å²) < 4.78 is 4.93. The van der Waals surface area contributed by atoms with Crippen LogP contribution >= 0.6 is 15.9 Å². The first-order valence-electron chi connectivity index (χ1n) is 7.29. The summed E-state index contributed by atoms with van der Waals surface area (Å²) in [6, 6.07) is 5.08. The molecule has 0 aromatic heterocycles. The molecule has 0 unspecified atom stereocenters. The minimum Gasteiger partial charge on any atom is -0.492 e. The zero-order valence-corrected chi connectivity index (χ0v) is 15.6. The van der Waals surface area contributed by atoms with Crippen LogP contribution in [0.5, 0.6) is 5.75 Å². The van der Waals surface area contributed by atoms with E-state index in [4.69, 9.17) is 4.74 Å². The van der Waals surface area contributed by atoms with Crippen LogP contribution in [0.25, 0.3) is 0 Å². The molecule has 0 aliphatic carbocycles. The number of rotatable bonds is 5. The maximum atomic E-state index is 12.3. The van der Waals surface area contributed by atoms with Gasteiger partial charge in [-0.05, 0) is 39.0 Å². The number of amides is 1. The Morgan fingerprint density at radius 3 is 2.23 bits per heavy atom. The molecule has 1 N–H and O–H groups in total. The maximum Gasteiger partial charge on any atom is 0.229 e. The predicted octanol–water partition coefficient (Wildman–Crippen LogP) is 4.43. The molecule has 1 aromatic carbocycles. The first-order chi connectivity index (χ1) is 9.96. The number of hydrogen-bond donors (Lipinski definition) is 1. The van der Waals surface area contributed by atoms with Crippen LogP contribution in [0, 0.1) is 5.41 Å². The molecular weight excluding hydrogens is 346 g/mol. The fourth-order valence-electron chi connectivity index (χ4n) is 1.69. The van der Waals surface area contributed by atoms with Gasteiger partial charge in [-0.1, -0.05) is 36.7 Å². The van der Waals surface area contributed by atoms with E-state index in [-0.39, 0.29) is 11.7 Å². The van der Waals surface area contributed by atoms with E-state index in [1.54, 1.807) is 32.0 Å². The summed E-state index contributed by atoms with van der Waals surface area (Å²) in [7, 11) is 0. The molecule has 0 bridgehead atoms. The van der Waals surface area contributed by atoms with E-state index in [2.05, 4.69) is 21.2 Å². The monoisotopic (exact) mass is 369 g/mol. The van der Waals surface area contributed by atoms with Gasteiger partial charge < -0.3 is 10.1 Å². The Hall–Kier alpha value is -1.36. The number of carbonyl (C=O) groups excluding carboxylic acids is 2. The summed E-state index contributed by atoms with van der Waals surface area (Å²) in [5.74, 6) is 0.359. The third-order valence-corrected chi connectivity index (χ3v) is 3.37. The van der Waals surface area contributed by atoms with Crippen LogP contribution in [-0.4, -0.2) is 22.6 Å². The minimum atomic E-state index is -0.646. The van der Waals surface area contributed by atoms with Crippen molar-refractivity contribution < 1.29 is 14.3 Å². The number of ketones is 1. The lowest BCUT2D eigenvalue weighted by molar-refractivity contribution is -0.123. The SMILES string of the molecule is CCOc1cc(C(=O)C(C)(C)Br)ccc1NC(=O)C(C)(C)C. The minimum absolute atomic E-state index is 0.0397.